The van der Waals surface area contributed by atoms with Gasteiger partial charge in [0, 0.05) is 18.6 Å². The first-order valence-electron chi connectivity index (χ1n) is 7.09. The highest BCUT2D eigenvalue weighted by Gasteiger charge is 2.11. The predicted octanol–water partition coefficient (Wildman–Crippen LogP) is 2.93. The monoisotopic (exact) mass is 492 g/mol. The molecule has 23 heavy (non-hydrogen) atoms. The molecule has 0 fully saturated rings. The summed E-state index contributed by atoms with van der Waals surface area (Å²) in [7, 11) is 3.70. The quantitative estimate of drug-likeness (QED) is 0.391. The molecule has 0 aliphatic heterocycles. The minimum absolute atomic E-state index is 0. The molecule has 0 spiro atoms. The lowest BCUT2D eigenvalue weighted by molar-refractivity contribution is 0.666. The van der Waals surface area contributed by atoms with Gasteiger partial charge in [-0.2, -0.15) is 0 Å². The number of halogens is 2. The molecule has 0 saturated carbocycles. The normalized spacial score (nSPS) is 12.5. The van der Waals surface area contributed by atoms with Crippen LogP contribution in [0.4, 0.5) is 0 Å². The van der Waals surface area contributed by atoms with Crippen molar-refractivity contribution in [2.24, 2.45) is 12.0 Å². The Morgan fingerprint density at radius 1 is 1.35 bits per heavy atom. The van der Waals surface area contributed by atoms with Gasteiger partial charge in [-0.3, -0.25) is 4.99 Å². The Balaban J connectivity index is 0.00000264. The van der Waals surface area contributed by atoms with E-state index in [9.17, 15) is 0 Å². The first-order chi connectivity index (χ1) is 10.5. The maximum absolute atomic E-state index is 4.26. The molecule has 0 aliphatic carbocycles. The Labute approximate surface area is 162 Å². The minimum atomic E-state index is 0. The fourth-order valence-corrected chi connectivity index (χ4v) is 2.70. The minimum Gasteiger partial charge on any atom is -0.350 e. The van der Waals surface area contributed by atoms with Crippen molar-refractivity contribution in [2.75, 3.05) is 7.05 Å². The lowest BCUT2D eigenvalue weighted by Gasteiger charge is -2.19. The van der Waals surface area contributed by atoms with Crippen molar-refractivity contribution in [1.29, 1.82) is 0 Å². The zero-order valence-electron chi connectivity index (χ0n) is 13.7. The van der Waals surface area contributed by atoms with Gasteiger partial charge in [0.1, 0.15) is 5.82 Å². The molecule has 2 rings (SSSR count). The van der Waals surface area contributed by atoms with Crippen LogP contribution in [0.1, 0.15) is 30.2 Å². The van der Waals surface area contributed by atoms with Gasteiger partial charge in [0.25, 0.3) is 0 Å². The van der Waals surface area contributed by atoms with Crippen LogP contribution in [0.15, 0.2) is 33.7 Å². The number of benzene rings is 1. The Morgan fingerprint density at radius 2 is 2.04 bits per heavy atom. The summed E-state index contributed by atoms with van der Waals surface area (Å²) in [5, 5.41) is 14.8. The van der Waals surface area contributed by atoms with E-state index >= 15 is 0 Å². The number of aryl methyl sites for hydroxylation is 1. The van der Waals surface area contributed by atoms with E-state index in [1.54, 1.807) is 7.05 Å². The maximum Gasteiger partial charge on any atom is 0.191 e. The molecule has 1 atom stereocenters. The van der Waals surface area contributed by atoms with Crippen LogP contribution in [-0.4, -0.2) is 27.8 Å². The molecule has 2 aromatic rings. The molecule has 0 bridgehead atoms. The second-order valence-electron chi connectivity index (χ2n) is 5.04. The number of nitrogens with zero attached hydrogens (tertiary/aromatic N) is 4. The van der Waals surface area contributed by atoms with Gasteiger partial charge in [-0.1, -0.05) is 34.1 Å². The van der Waals surface area contributed by atoms with E-state index in [4.69, 9.17) is 0 Å². The van der Waals surface area contributed by atoms with Crippen LogP contribution in [-0.2, 0) is 13.6 Å². The Morgan fingerprint density at radius 3 is 2.61 bits per heavy atom. The second-order valence-corrected chi connectivity index (χ2v) is 5.89. The largest absolute Gasteiger partial charge is 0.350 e. The van der Waals surface area contributed by atoms with E-state index in [-0.39, 0.29) is 30.0 Å². The van der Waals surface area contributed by atoms with Crippen LogP contribution in [0.3, 0.4) is 0 Å². The SMILES string of the molecule is CN=C(NCc1nnc(C)n1C)NC(C)c1ccccc1Br.I. The highest BCUT2D eigenvalue weighted by atomic mass is 127. The van der Waals surface area contributed by atoms with Crippen molar-refractivity contribution in [2.45, 2.75) is 26.4 Å². The molecule has 6 nitrogen and oxygen atoms in total. The second kappa shape index (κ2) is 9.21. The zero-order chi connectivity index (χ0) is 16.1. The predicted molar refractivity (Wildman–Crippen MR) is 107 cm³/mol. The van der Waals surface area contributed by atoms with Crippen LogP contribution in [0.2, 0.25) is 0 Å². The molecule has 0 aliphatic rings. The van der Waals surface area contributed by atoms with Gasteiger partial charge < -0.3 is 15.2 Å². The number of guanidine groups is 1. The standard InChI is InChI=1S/C15H21BrN6.HI/c1-10(12-7-5-6-8-13(12)16)19-15(17-3)18-9-14-21-20-11(2)22(14)4;/h5-8,10H,9H2,1-4H3,(H2,17,18,19);1H. The maximum atomic E-state index is 4.26. The molecular formula is C15H22BrIN6. The molecule has 8 heteroatoms. The number of hydrogen-bond acceptors (Lipinski definition) is 3. The lowest BCUT2D eigenvalue weighted by atomic mass is 10.1. The van der Waals surface area contributed by atoms with Crippen molar-refractivity contribution in [3.8, 4) is 0 Å². The van der Waals surface area contributed by atoms with Crippen molar-refractivity contribution >= 4 is 45.9 Å². The van der Waals surface area contributed by atoms with Gasteiger partial charge in [0.2, 0.25) is 0 Å². The smallest absolute Gasteiger partial charge is 0.191 e. The van der Waals surface area contributed by atoms with E-state index in [0.717, 1.165) is 22.1 Å². The summed E-state index contributed by atoms with van der Waals surface area (Å²) >= 11 is 3.57. The number of hydrogen-bond donors (Lipinski definition) is 2. The number of aliphatic imine (C=N–C) groups is 1. The van der Waals surface area contributed by atoms with Crippen molar-refractivity contribution < 1.29 is 0 Å². The molecule has 0 saturated heterocycles. The van der Waals surface area contributed by atoms with Gasteiger partial charge in [-0.05, 0) is 25.5 Å². The number of nitrogens with one attached hydrogen (secondary N) is 2. The Bertz CT molecular complexity index is 670. The van der Waals surface area contributed by atoms with Gasteiger partial charge in [-0.25, -0.2) is 0 Å². The molecule has 0 radical (unpaired) electrons. The van der Waals surface area contributed by atoms with Gasteiger partial charge in [0.05, 0.1) is 12.6 Å². The third-order valence-corrected chi connectivity index (χ3v) is 4.27. The lowest BCUT2D eigenvalue weighted by Crippen LogP contribution is -2.38. The summed E-state index contributed by atoms with van der Waals surface area (Å²) in [6, 6.07) is 8.27. The van der Waals surface area contributed by atoms with E-state index in [0.29, 0.717) is 6.54 Å². The molecule has 126 valence electrons. The fraction of sp³-hybridized carbons (Fsp3) is 0.400. The van der Waals surface area contributed by atoms with E-state index in [1.807, 2.05) is 36.7 Å². The summed E-state index contributed by atoms with van der Waals surface area (Å²) in [5.41, 5.74) is 1.18. The third kappa shape index (κ3) is 5.17. The average molecular weight is 493 g/mol. The van der Waals surface area contributed by atoms with E-state index in [2.05, 4.69) is 54.7 Å². The van der Waals surface area contributed by atoms with Crippen LogP contribution >= 0.6 is 39.9 Å². The first kappa shape index (κ1) is 19.9. The van der Waals surface area contributed by atoms with Crippen molar-refractivity contribution in [1.82, 2.24) is 25.4 Å². The van der Waals surface area contributed by atoms with E-state index in [1.165, 1.54) is 5.56 Å². The third-order valence-electron chi connectivity index (χ3n) is 3.55. The van der Waals surface area contributed by atoms with Crippen LogP contribution in [0.5, 0.6) is 0 Å². The summed E-state index contributed by atoms with van der Waals surface area (Å²) in [5.74, 6) is 2.49. The highest BCUT2D eigenvalue weighted by Crippen LogP contribution is 2.22. The summed E-state index contributed by atoms with van der Waals surface area (Å²) in [6.45, 7) is 4.59. The van der Waals surface area contributed by atoms with Crippen LogP contribution < -0.4 is 10.6 Å². The number of aromatic nitrogens is 3. The van der Waals surface area contributed by atoms with Gasteiger partial charge in [-0.15, -0.1) is 34.2 Å². The highest BCUT2D eigenvalue weighted by molar-refractivity contribution is 14.0. The fourth-order valence-electron chi connectivity index (χ4n) is 2.07. The van der Waals surface area contributed by atoms with E-state index < -0.39 is 0 Å². The van der Waals surface area contributed by atoms with Gasteiger partial charge >= 0.3 is 0 Å². The average Bonchev–Trinajstić information content (AvgIpc) is 2.83. The molecular weight excluding hydrogens is 471 g/mol. The molecule has 1 heterocycles. The molecule has 1 aromatic carbocycles. The molecule has 0 amide bonds. The van der Waals surface area contributed by atoms with Crippen LogP contribution in [0, 0.1) is 6.92 Å². The zero-order valence-corrected chi connectivity index (χ0v) is 17.6. The van der Waals surface area contributed by atoms with Crippen molar-refractivity contribution in [3.63, 3.8) is 0 Å². The molecule has 2 N–H and O–H groups in total. The summed E-state index contributed by atoms with van der Waals surface area (Å²) < 4.78 is 3.03. The molecule has 1 aromatic heterocycles. The van der Waals surface area contributed by atoms with Crippen LogP contribution in [0.25, 0.3) is 0 Å². The summed E-state index contributed by atoms with van der Waals surface area (Å²) in [6.07, 6.45) is 0. The first-order valence-corrected chi connectivity index (χ1v) is 7.88. The van der Waals surface area contributed by atoms with Gasteiger partial charge in [0.15, 0.2) is 11.8 Å². The number of rotatable bonds is 4. The Kier molecular flexibility index (Phi) is 7.97. The topological polar surface area (TPSA) is 67.1 Å². The Hall–Kier alpha value is -1.16. The van der Waals surface area contributed by atoms with Crippen molar-refractivity contribution in [3.05, 3.63) is 46.0 Å². The molecule has 1 unspecified atom stereocenters. The summed E-state index contributed by atoms with van der Waals surface area (Å²) in [4.78, 5) is 4.26.